The molecule has 0 spiro atoms. The zero-order chi connectivity index (χ0) is 12.9. The van der Waals surface area contributed by atoms with Gasteiger partial charge in [-0.25, -0.2) is 0 Å². The van der Waals surface area contributed by atoms with Gasteiger partial charge >= 0.3 is 0 Å². The van der Waals surface area contributed by atoms with Crippen LogP contribution in [0.1, 0.15) is 39.1 Å². The standard InChI is InChI=1S/C13H25N3O/c1-5-11-8-12(6-2)16(15-11)9-13(4,10-17)14-7-3/h8,14,17H,5-7,9-10H2,1-4H3. The Balaban J connectivity index is 2.88. The molecule has 0 amide bonds. The lowest BCUT2D eigenvalue weighted by Gasteiger charge is -2.28. The van der Waals surface area contributed by atoms with Gasteiger partial charge in [-0.2, -0.15) is 5.10 Å². The lowest BCUT2D eigenvalue weighted by atomic mass is 10.0. The second-order valence-electron chi connectivity index (χ2n) is 4.74. The molecule has 1 unspecified atom stereocenters. The number of aliphatic hydroxyl groups excluding tert-OH is 1. The van der Waals surface area contributed by atoms with Crippen molar-refractivity contribution < 1.29 is 5.11 Å². The molecule has 0 aromatic carbocycles. The van der Waals surface area contributed by atoms with Gasteiger partial charge in [0, 0.05) is 5.69 Å². The SMILES string of the molecule is CCNC(C)(CO)Cn1nc(CC)cc1CC. The predicted molar refractivity (Wildman–Crippen MR) is 70.2 cm³/mol. The highest BCUT2D eigenvalue weighted by molar-refractivity contribution is 5.11. The summed E-state index contributed by atoms with van der Waals surface area (Å²) in [7, 11) is 0. The lowest BCUT2D eigenvalue weighted by Crippen LogP contribution is -2.49. The highest BCUT2D eigenvalue weighted by Crippen LogP contribution is 2.12. The van der Waals surface area contributed by atoms with Crippen LogP contribution in [0, 0.1) is 0 Å². The number of aliphatic hydroxyl groups is 1. The Hall–Kier alpha value is -0.870. The zero-order valence-electron chi connectivity index (χ0n) is 11.5. The molecule has 17 heavy (non-hydrogen) atoms. The number of aromatic nitrogens is 2. The van der Waals surface area contributed by atoms with Gasteiger partial charge in [0.05, 0.1) is 24.4 Å². The predicted octanol–water partition coefficient (Wildman–Crippen LogP) is 1.37. The molecule has 0 saturated heterocycles. The van der Waals surface area contributed by atoms with Crippen LogP contribution in [0.4, 0.5) is 0 Å². The van der Waals surface area contributed by atoms with Gasteiger partial charge in [0.1, 0.15) is 0 Å². The van der Waals surface area contributed by atoms with Gasteiger partial charge in [-0.3, -0.25) is 4.68 Å². The number of nitrogens with one attached hydrogen (secondary N) is 1. The van der Waals surface area contributed by atoms with Crippen molar-refractivity contribution in [3.05, 3.63) is 17.5 Å². The molecule has 0 bridgehead atoms. The van der Waals surface area contributed by atoms with E-state index in [1.807, 2.05) is 11.6 Å². The third-order valence-electron chi connectivity index (χ3n) is 3.09. The van der Waals surface area contributed by atoms with E-state index >= 15 is 0 Å². The molecule has 1 aromatic heterocycles. The van der Waals surface area contributed by atoms with Gasteiger partial charge in [0.15, 0.2) is 0 Å². The molecule has 1 aromatic rings. The molecular weight excluding hydrogens is 214 g/mol. The molecule has 0 aliphatic carbocycles. The maximum Gasteiger partial charge on any atom is 0.0628 e. The number of hydrogen-bond acceptors (Lipinski definition) is 3. The third-order valence-corrected chi connectivity index (χ3v) is 3.09. The van der Waals surface area contributed by atoms with Crippen molar-refractivity contribution >= 4 is 0 Å². The van der Waals surface area contributed by atoms with Crippen LogP contribution in [0.5, 0.6) is 0 Å². The van der Waals surface area contributed by atoms with E-state index in [9.17, 15) is 5.11 Å². The van der Waals surface area contributed by atoms with Crippen LogP contribution >= 0.6 is 0 Å². The topological polar surface area (TPSA) is 50.1 Å². The summed E-state index contributed by atoms with van der Waals surface area (Å²) in [5, 5.41) is 17.4. The molecule has 1 atom stereocenters. The first kappa shape index (κ1) is 14.2. The third kappa shape index (κ3) is 3.54. The number of nitrogens with zero attached hydrogens (tertiary/aromatic N) is 2. The molecular formula is C13H25N3O. The number of rotatable bonds is 7. The highest BCUT2D eigenvalue weighted by atomic mass is 16.3. The first-order chi connectivity index (χ1) is 8.08. The van der Waals surface area contributed by atoms with Crippen molar-refractivity contribution in [2.45, 2.75) is 52.6 Å². The highest BCUT2D eigenvalue weighted by Gasteiger charge is 2.24. The van der Waals surface area contributed by atoms with Gasteiger partial charge in [-0.15, -0.1) is 0 Å². The van der Waals surface area contributed by atoms with Crippen molar-refractivity contribution in [3.8, 4) is 0 Å². The molecule has 1 rings (SSSR count). The Labute approximate surface area is 104 Å². The van der Waals surface area contributed by atoms with E-state index in [1.54, 1.807) is 0 Å². The first-order valence-corrected chi connectivity index (χ1v) is 6.50. The average molecular weight is 239 g/mol. The van der Waals surface area contributed by atoms with E-state index in [-0.39, 0.29) is 12.1 Å². The van der Waals surface area contributed by atoms with E-state index in [0.29, 0.717) is 6.54 Å². The van der Waals surface area contributed by atoms with Crippen molar-refractivity contribution in [1.82, 2.24) is 15.1 Å². The van der Waals surface area contributed by atoms with E-state index in [2.05, 4.69) is 37.3 Å². The number of hydrogen-bond donors (Lipinski definition) is 2. The summed E-state index contributed by atoms with van der Waals surface area (Å²) in [6, 6.07) is 2.16. The number of likely N-dealkylation sites (N-methyl/N-ethyl adjacent to an activating group) is 1. The summed E-state index contributed by atoms with van der Waals surface area (Å²) < 4.78 is 2.03. The monoisotopic (exact) mass is 239 g/mol. The summed E-state index contributed by atoms with van der Waals surface area (Å²) in [6.07, 6.45) is 1.93. The van der Waals surface area contributed by atoms with E-state index in [1.165, 1.54) is 5.69 Å². The molecule has 0 radical (unpaired) electrons. The van der Waals surface area contributed by atoms with Crippen LogP contribution in [-0.4, -0.2) is 33.6 Å². The summed E-state index contributed by atoms with van der Waals surface area (Å²) >= 11 is 0. The largest absolute Gasteiger partial charge is 0.394 e. The Morgan fingerprint density at radius 1 is 1.35 bits per heavy atom. The van der Waals surface area contributed by atoms with Crippen molar-refractivity contribution in [1.29, 1.82) is 0 Å². The second-order valence-corrected chi connectivity index (χ2v) is 4.74. The normalized spacial score (nSPS) is 14.9. The smallest absolute Gasteiger partial charge is 0.0628 e. The minimum atomic E-state index is -0.296. The molecule has 4 heteroatoms. The molecule has 4 nitrogen and oxygen atoms in total. The molecule has 0 fully saturated rings. The van der Waals surface area contributed by atoms with Gasteiger partial charge in [0.2, 0.25) is 0 Å². The maximum absolute atomic E-state index is 9.50. The Kier molecular flexibility index (Phi) is 5.15. The van der Waals surface area contributed by atoms with Crippen LogP contribution in [0.2, 0.25) is 0 Å². The maximum atomic E-state index is 9.50. The van der Waals surface area contributed by atoms with E-state index in [0.717, 1.165) is 25.1 Å². The summed E-state index contributed by atoms with van der Waals surface area (Å²) in [5.41, 5.74) is 2.06. The number of aryl methyl sites for hydroxylation is 2. The average Bonchev–Trinajstić information content (AvgIpc) is 2.71. The summed E-state index contributed by atoms with van der Waals surface area (Å²) in [4.78, 5) is 0. The molecule has 0 aliphatic heterocycles. The van der Waals surface area contributed by atoms with Crippen molar-refractivity contribution in [2.75, 3.05) is 13.2 Å². The van der Waals surface area contributed by atoms with Crippen molar-refractivity contribution in [3.63, 3.8) is 0 Å². The fraction of sp³-hybridized carbons (Fsp3) is 0.769. The fourth-order valence-electron chi connectivity index (χ4n) is 2.03. The Bertz CT molecular complexity index is 348. The quantitative estimate of drug-likeness (QED) is 0.755. The first-order valence-electron chi connectivity index (χ1n) is 6.50. The summed E-state index contributed by atoms with van der Waals surface area (Å²) in [6.45, 7) is 10.0. The van der Waals surface area contributed by atoms with Crippen LogP contribution in [0.3, 0.4) is 0 Å². The van der Waals surface area contributed by atoms with E-state index in [4.69, 9.17) is 0 Å². The van der Waals surface area contributed by atoms with Gasteiger partial charge in [0.25, 0.3) is 0 Å². The molecule has 98 valence electrons. The minimum absolute atomic E-state index is 0.116. The lowest BCUT2D eigenvalue weighted by molar-refractivity contribution is 0.154. The van der Waals surface area contributed by atoms with Crippen LogP contribution in [-0.2, 0) is 19.4 Å². The van der Waals surface area contributed by atoms with Gasteiger partial charge < -0.3 is 10.4 Å². The van der Waals surface area contributed by atoms with Crippen LogP contribution in [0.15, 0.2) is 6.07 Å². The summed E-state index contributed by atoms with van der Waals surface area (Å²) in [5.74, 6) is 0. The van der Waals surface area contributed by atoms with E-state index < -0.39 is 0 Å². The Morgan fingerprint density at radius 3 is 2.53 bits per heavy atom. The van der Waals surface area contributed by atoms with Gasteiger partial charge in [-0.1, -0.05) is 20.8 Å². The molecule has 0 aliphatic rings. The molecule has 0 saturated carbocycles. The molecule has 1 heterocycles. The molecule has 2 N–H and O–H groups in total. The zero-order valence-corrected chi connectivity index (χ0v) is 11.5. The second kappa shape index (κ2) is 6.17. The Morgan fingerprint density at radius 2 is 2.06 bits per heavy atom. The minimum Gasteiger partial charge on any atom is -0.394 e. The van der Waals surface area contributed by atoms with Crippen molar-refractivity contribution in [2.24, 2.45) is 0 Å². The van der Waals surface area contributed by atoms with Gasteiger partial charge in [-0.05, 0) is 32.4 Å². The fourth-order valence-corrected chi connectivity index (χ4v) is 2.03. The van der Waals surface area contributed by atoms with Crippen LogP contribution < -0.4 is 5.32 Å². The van der Waals surface area contributed by atoms with Crippen LogP contribution in [0.25, 0.3) is 0 Å².